The van der Waals surface area contributed by atoms with E-state index in [2.05, 4.69) is 22.9 Å². The maximum absolute atomic E-state index is 12.8. The van der Waals surface area contributed by atoms with Crippen molar-refractivity contribution in [2.75, 3.05) is 46.3 Å². The summed E-state index contributed by atoms with van der Waals surface area (Å²) in [6.07, 6.45) is 4.60. The Bertz CT molecular complexity index is 418. The van der Waals surface area contributed by atoms with Gasteiger partial charge in [0.1, 0.15) is 12.1 Å². The molecule has 0 atom stereocenters. The van der Waals surface area contributed by atoms with E-state index in [1.54, 1.807) is 4.90 Å². The third kappa shape index (κ3) is 2.43. The normalized spacial score (nSPS) is 27.8. The number of carbonyl (C=O) groups excluding carboxylic acids is 1. The smallest absolute Gasteiger partial charge is 0.244 e. The molecule has 1 amide bonds. The minimum Gasteiger partial charge on any atom is -0.326 e. The van der Waals surface area contributed by atoms with Crippen LogP contribution in [0.4, 0.5) is 0 Å². The fourth-order valence-electron chi connectivity index (χ4n) is 3.65. The number of hydrogen-bond acceptors (Lipinski definition) is 4. The Balaban J connectivity index is 1.66. The number of likely N-dealkylation sites (tertiary alicyclic amines) is 1. The molecule has 3 fully saturated rings. The Morgan fingerprint density at radius 2 is 1.95 bits per heavy atom. The third-order valence-electron chi connectivity index (χ3n) is 5.28. The zero-order valence-electron chi connectivity index (χ0n) is 12.3. The highest BCUT2D eigenvalue weighted by Gasteiger charge is 2.49. The Hall–Kier alpha value is -1.12. The number of hydrogen-bond donors (Lipinski definition) is 0. The number of rotatable bonds is 3. The Morgan fingerprint density at radius 3 is 2.55 bits per heavy atom. The lowest BCUT2D eigenvalue weighted by molar-refractivity contribution is -0.153. The second kappa shape index (κ2) is 5.34. The maximum Gasteiger partial charge on any atom is 0.244 e. The molecule has 0 unspecified atom stereocenters. The van der Waals surface area contributed by atoms with Gasteiger partial charge in [0.25, 0.3) is 0 Å². The van der Waals surface area contributed by atoms with E-state index in [9.17, 15) is 4.79 Å². The number of likely N-dealkylation sites (N-methyl/N-ethyl adjacent to an activating group) is 1. The summed E-state index contributed by atoms with van der Waals surface area (Å²) in [6, 6.07) is 2.12. The number of nitriles is 1. The molecule has 0 aromatic carbocycles. The van der Waals surface area contributed by atoms with Crippen molar-refractivity contribution in [2.24, 2.45) is 5.92 Å². The van der Waals surface area contributed by atoms with Gasteiger partial charge in [0, 0.05) is 32.7 Å². The molecule has 1 spiro atoms. The SMILES string of the molecule is CN1CCN(CC#N)C(=O)C12CCN(CC1CC1)CC2. The van der Waals surface area contributed by atoms with Crippen LogP contribution in [0.25, 0.3) is 0 Å². The predicted molar refractivity (Wildman–Crippen MR) is 76.0 cm³/mol. The zero-order chi connectivity index (χ0) is 14.2. The number of piperidine rings is 1. The lowest BCUT2D eigenvalue weighted by atomic mass is 9.82. The molecule has 0 N–H and O–H groups in total. The largest absolute Gasteiger partial charge is 0.326 e. The van der Waals surface area contributed by atoms with E-state index in [0.717, 1.165) is 38.4 Å². The summed E-state index contributed by atoms with van der Waals surface area (Å²) in [5.41, 5.74) is -0.338. The average molecular weight is 276 g/mol. The van der Waals surface area contributed by atoms with Crippen LogP contribution in [0, 0.1) is 17.2 Å². The van der Waals surface area contributed by atoms with Crippen LogP contribution in [0.2, 0.25) is 0 Å². The molecule has 1 aliphatic carbocycles. The van der Waals surface area contributed by atoms with E-state index < -0.39 is 0 Å². The summed E-state index contributed by atoms with van der Waals surface area (Å²) in [4.78, 5) is 19.3. The lowest BCUT2D eigenvalue weighted by Crippen LogP contribution is -2.67. The van der Waals surface area contributed by atoms with Gasteiger partial charge in [-0.25, -0.2) is 0 Å². The van der Waals surface area contributed by atoms with Crippen LogP contribution in [-0.2, 0) is 4.79 Å². The zero-order valence-corrected chi connectivity index (χ0v) is 12.3. The quantitative estimate of drug-likeness (QED) is 0.706. The summed E-state index contributed by atoms with van der Waals surface area (Å²) < 4.78 is 0. The maximum atomic E-state index is 12.8. The summed E-state index contributed by atoms with van der Waals surface area (Å²) >= 11 is 0. The van der Waals surface area contributed by atoms with E-state index in [4.69, 9.17) is 5.26 Å². The van der Waals surface area contributed by atoms with E-state index in [1.807, 2.05) is 0 Å². The van der Waals surface area contributed by atoms with Crippen molar-refractivity contribution < 1.29 is 4.79 Å². The topological polar surface area (TPSA) is 50.6 Å². The van der Waals surface area contributed by atoms with Crippen LogP contribution in [0.15, 0.2) is 0 Å². The fourth-order valence-corrected chi connectivity index (χ4v) is 3.65. The third-order valence-corrected chi connectivity index (χ3v) is 5.28. The monoisotopic (exact) mass is 276 g/mol. The van der Waals surface area contributed by atoms with Gasteiger partial charge in [-0.2, -0.15) is 5.26 Å². The molecule has 0 aromatic heterocycles. The van der Waals surface area contributed by atoms with E-state index in [1.165, 1.54) is 19.4 Å². The van der Waals surface area contributed by atoms with Crippen molar-refractivity contribution >= 4 is 5.91 Å². The molecule has 3 rings (SSSR count). The van der Waals surface area contributed by atoms with Crippen molar-refractivity contribution in [2.45, 2.75) is 31.2 Å². The van der Waals surface area contributed by atoms with Gasteiger partial charge in [0.2, 0.25) is 5.91 Å². The van der Waals surface area contributed by atoms with Crippen LogP contribution < -0.4 is 0 Å². The Kier molecular flexibility index (Phi) is 3.70. The van der Waals surface area contributed by atoms with Crippen LogP contribution in [0.5, 0.6) is 0 Å². The Morgan fingerprint density at radius 1 is 1.25 bits per heavy atom. The van der Waals surface area contributed by atoms with Crippen molar-refractivity contribution in [1.29, 1.82) is 5.26 Å². The highest BCUT2D eigenvalue weighted by molar-refractivity contribution is 5.87. The second-order valence-electron chi connectivity index (χ2n) is 6.58. The highest BCUT2D eigenvalue weighted by Crippen LogP contribution is 2.35. The summed E-state index contributed by atoms with van der Waals surface area (Å²) in [5, 5.41) is 8.87. The van der Waals surface area contributed by atoms with E-state index in [0.29, 0.717) is 6.54 Å². The first-order chi connectivity index (χ1) is 9.65. The van der Waals surface area contributed by atoms with Crippen LogP contribution in [0.1, 0.15) is 25.7 Å². The van der Waals surface area contributed by atoms with Crippen LogP contribution >= 0.6 is 0 Å². The molecule has 3 aliphatic rings. The molecule has 2 heterocycles. The summed E-state index contributed by atoms with van der Waals surface area (Å²) in [7, 11) is 2.07. The van der Waals surface area contributed by atoms with Gasteiger partial charge in [-0.1, -0.05) is 0 Å². The molecular formula is C15H24N4O. The van der Waals surface area contributed by atoms with Gasteiger partial charge in [-0.05, 0) is 38.6 Å². The molecule has 2 aliphatic heterocycles. The average Bonchev–Trinajstić information content (AvgIpc) is 3.26. The first-order valence-corrected chi connectivity index (χ1v) is 7.75. The van der Waals surface area contributed by atoms with Gasteiger partial charge in [0.15, 0.2) is 0 Å². The minimum absolute atomic E-state index is 0.180. The summed E-state index contributed by atoms with van der Waals surface area (Å²) in [5.74, 6) is 1.10. The first-order valence-electron chi connectivity index (χ1n) is 7.75. The van der Waals surface area contributed by atoms with Crippen LogP contribution in [0.3, 0.4) is 0 Å². The van der Waals surface area contributed by atoms with Gasteiger partial charge in [-0.3, -0.25) is 9.69 Å². The molecule has 5 nitrogen and oxygen atoms in total. The van der Waals surface area contributed by atoms with Crippen molar-refractivity contribution in [3.63, 3.8) is 0 Å². The minimum atomic E-state index is -0.338. The van der Waals surface area contributed by atoms with Crippen LogP contribution in [-0.4, -0.2) is 72.5 Å². The van der Waals surface area contributed by atoms with Crippen molar-refractivity contribution in [1.82, 2.24) is 14.7 Å². The molecule has 20 heavy (non-hydrogen) atoms. The molecule has 1 saturated carbocycles. The molecule has 2 saturated heterocycles. The van der Waals surface area contributed by atoms with E-state index in [-0.39, 0.29) is 18.0 Å². The number of piperazine rings is 1. The lowest BCUT2D eigenvalue weighted by Gasteiger charge is -2.51. The van der Waals surface area contributed by atoms with E-state index >= 15 is 0 Å². The first kappa shape index (κ1) is 13.8. The molecule has 5 heteroatoms. The number of amides is 1. The molecule has 0 bridgehead atoms. The number of carbonyl (C=O) groups is 1. The van der Waals surface area contributed by atoms with Gasteiger partial charge < -0.3 is 9.80 Å². The molecule has 110 valence electrons. The van der Waals surface area contributed by atoms with Gasteiger partial charge in [0.05, 0.1) is 6.07 Å². The molecular weight excluding hydrogens is 252 g/mol. The second-order valence-corrected chi connectivity index (χ2v) is 6.58. The summed E-state index contributed by atoms with van der Waals surface area (Å²) in [6.45, 7) is 5.07. The molecule has 0 radical (unpaired) electrons. The van der Waals surface area contributed by atoms with Gasteiger partial charge in [-0.15, -0.1) is 0 Å². The number of nitrogens with zero attached hydrogens (tertiary/aromatic N) is 4. The van der Waals surface area contributed by atoms with Crippen molar-refractivity contribution in [3.05, 3.63) is 0 Å². The van der Waals surface area contributed by atoms with Crippen molar-refractivity contribution in [3.8, 4) is 6.07 Å². The Labute approximate surface area is 121 Å². The van der Waals surface area contributed by atoms with Gasteiger partial charge >= 0.3 is 0 Å². The standard InChI is InChI=1S/C15H24N4O/c1-17-10-11-19(9-6-16)14(20)15(17)4-7-18(8-5-15)12-13-2-3-13/h13H,2-5,7-12H2,1H3. The fraction of sp³-hybridized carbons (Fsp3) is 0.867. The predicted octanol–water partition coefficient (Wildman–Crippen LogP) is 0.529. The highest BCUT2D eigenvalue weighted by atomic mass is 16.2. The molecule has 0 aromatic rings.